The van der Waals surface area contributed by atoms with Gasteiger partial charge in [0.15, 0.2) is 0 Å². The normalized spacial score (nSPS) is 21.2. The van der Waals surface area contributed by atoms with Crippen molar-refractivity contribution in [2.24, 2.45) is 0 Å². The smallest absolute Gasteiger partial charge is 0.410 e. The molecular formula is C21H31N3O4. The maximum atomic E-state index is 12.3. The fourth-order valence-corrected chi connectivity index (χ4v) is 3.63. The van der Waals surface area contributed by atoms with Crippen molar-refractivity contribution in [1.29, 1.82) is 0 Å². The monoisotopic (exact) mass is 389 g/mol. The van der Waals surface area contributed by atoms with Crippen LogP contribution in [0.1, 0.15) is 33.3 Å². The second-order valence-electron chi connectivity index (χ2n) is 8.61. The van der Waals surface area contributed by atoms with E-state index in [1.165, 1.54) is 0 Å². The van der Waals surface area contributed by atoms with Crippen LogP contribution in [-0.4, -0.2) is 77.3 Å². The first-order valence-corrected chi connectivity index (χ1v) is 9.92. The minimum absolute atomic E-state index is 0.230. The molecule has 0 radical (unpaired) electrons. The first kappa shape index (κ1) is 20.5. The van der Waals surface area contributed by atoms with Crippen molar-refractivity contribution in [2.75, 3.05) is 32.7 Å². The predicted octanol–water partition coefficient (Wildman–Crippen LogP) is 2.95. The molecule has 1 aromatic carbocycles. The van der Waals surface area contributed by atoms with E-state index in [4.69, 9.17) is 9.47 Å². The molecule has 7 heteroatoms. The molecule has 1 atom stereocenters. The molecule has 0 N–H and O–H groups in total. The molecule has 154 valence electrons. The van der Waals surface area contributed by atoms with E-state index in [0.717, 1.165) is 12.1 Å². The number of likely N-dealkylation sites (tertiary alicyclic amines) is 1. The highest BCUT2D eigenvalue weighted by atomic mass is 16.6. The summed E-state index contributed by atoms with van der Waals surface area (Å²) in [5.74, 6) is 0. The quantitative estimate of drug-likeness (QED) is 0.795. The second kappa shape index (κ2) is 8.39. The van der Waals surface area contributed by atoms with Gasteiger partial charge in [-0.1, -0.05) is 30.3 Å². The van der Waals surface area contributed by atoms with Crippen molar-refractivity contribution >= 4 is 12.2 Å². The lowest BCUT2D eigenvalue weighted by Gasteiger charge is -2.50. The van der Waals surface area contributed by atoms with Crippen LogP contribution in [0, 0.1) is 0 Å². The van der Waals surface area contributed by atoms with Gasteiger partial charge in [-0.25, -0.2) is 9.59 Å². The molecule has 0 bridgehead atoms. The zero-order chi connectivity index (χ0) is 20.3. The van der Waals surface area contributed by atoms with E-state index in [1.54, 1.807) is 9.80 Å². The molecule has 0 saturated carbocycles. The number of hydrogen-bond acceptors (Lipinski definition) is 5. The lowest BCUT2D eigenvalue weighted by atomic mass is 10.0. The van der Waals surface area contributed by atoms with Gasteiger partial charge < -0.3 is 19.3 Å². The van der Waals surface area contributed by atoms with E-state index < -0.39 is 5.60 Å². The Morgan fingerprint density at radius 2 is 1.68 bits per heavy atom. The largest absolute Gasteiger partial charge is 0.445 e. The number of nitrogens with zero attached hydrogens (tertiary/aromatic N) is 3. The van der Waals surface area contributed by atoms with Gasteiger partial charge in [0, 0.05) is 44.8 Å². The van der Waals surface area contributed by atoms with Crippen molar-refractivity contribution in [2.45, 2.75) is 52.0 Å². The number of ether oxygens (including phenoxy) is 2. The molecule has 2 aliphatic rings. The highest BCUT2D eigenvalue weighted by Gasteiger charge is 2.40. The fraction of sp³-hybridized carbons (Fsp3) is 0.619. The number of carbonyl (C=O) groups is 2. The van der Waals surface area contributed by atoms with Crippen molar-refractivity contribution in [3.63, 3.8) is 0 Å². The Bertz CT molecular complexity index is 683. The molecule has 2 aliphatic heterocycles. The summed E-state index contributed by atoms with van der Waals surface area (Å²) in [7, 11) is 0. The maximum Gasteiger partial charge on any atom is 0.410 e. The summed E-state index contributed by atoms with van der Waals surface area (Å²) in [5, 5.41) is 0. The Hall–Kier alpha value is -2.28. The number of rotatable bonds is 3. The van der Waals surface area contributed by atoms with Crippen LogP contribution >= 0.6 is 0 Å². The lowest BCUT2D eigenvalue weighted by Crippen LogP contribution is -2.67. The Labute approximate surface area is 167 Å². The van der Waals surface area contributed by atoms with Crippen molar-refractivity contribution < 1.29 is 19.1 Å². The van der Waals surface area contributed by atoms with Crippen molar-refractivity contribution in [3.8, 4) is 0 Å². The fourth-order valence-electron chi connectivity index (χ4n) is 3.63. The second-order valence-corrected chi connectivity index (χ2v) is 8.61. The van der Waals surface area contributed by atoms with Crippen LogP contribution in [0.15, 0.2) is 30.3 Å². The zero-order valence-corrected chi connectivity index (χ0v) is 17.3. The summed E-state index contributed by atoms with van der Waals surface area (Å²) < 4.78 is 10.9. The molecule has 3 rings (SSSR count). The van der Waals surface area contributed by atoms with Gasteiger partial charge in [0.05, 0.1) is 0 Å². The Morgan fingerprint density at radius 3 is 2.29 bits per heavy atom. The summed E-state index contributed by atoms with van der Waals surface area (Å²) in [6.45, 7) is 11.5. The molecule has 0 aromatic heterocycles. The Kier molecular flexibility index (Phi) is 6.13. The molecule has 1 aromatic rings. The molecule has 2 amide bonds. The minimum atomic E-state index is -0.480. The van der Waals surface area contributed by atoms with Gasteiger partial charge in [-0.05, 0) is 33.3 Å². The predicted molar refractivity (Wildman–Crippen MR) is 106 cm³/mol. The Balaban J connectivity index is 1.41. The third kappa shape index (κ3) is 5.16. The van der Waals surface area contributed by atoms with E-state index in [2.05, 4.69) is 11.8 Å². The van der Waals surface area contributed by atoms with Gasteiger partial charge in [0.25, 0.3) is 0 Å². The highest BCUT2D eigenvalue weighted by Crippen LogP contribution is 2.22. The third-order valence-corrected chi connectivity index (χ3v) is 5.13. The van der Waals surface area contributed by atoms with Crippen LogP contribution in [0.3, 0.4) is 0 Å². The van der Waals surface area contributed by atoms with E-state index >= 15 is 0 Å². The summed E-state index contributed by atoms with van der Waals surface area (Å²) >= 11 is 0. The van der Waals surface area contributed by atoms with E-state index in [1.807, 2.05) is 51.1 Å². The summed E-state index contributed by atoms with van der Waals surface area (Å²) in [6, 6.07) is 10.2. The van der Waals surface area contributed by atoms with Gasteiger partial charge in [0.1, 0.15) is 12.2 Å². The maximum absolute atomic E-state index is 12.3. The number of piperazine rings is 1. The summed E-state index contributed by atoms with van der Waals surface area (Å²) in [5.41, 5.74) is 0.506. The number of carbonyl (C=O) groups excluding carboxylic acids is 2. The molecule has 7 nitrogen and oxygen atoms in total. The van der Waals surface area contributed by atoms with E-state index in [0.29, 0.717) is 38.8 Å². The van der Waals surface area contributed by atoms with Crippen LogP contribution < -0.4 is 0 Å². The van der Waals surface area contributed by atoms with Crippen LogP contribution in [0.2, 0.25) is 0 Å². The van der Waals surface area contributed by atoms with Gasteiger partial charge in [-0.2, -0.15) is 0 Å². The average molecular weight is 389 g/mol. The van der Waals surface area contributed by atoms with Crippen LogP contribution in [0.4, 0.5) is 9.59 Å². The molecule has 0 aliphatic carbocycles. The van der Waals surface area contributed by atoms with Crippen LogP contribution in [0.5, 0.6) is 0 Å². The molecule has 1 unspecified atom stereocenters. The topological polar surface area (TPSA) is 62.3 Å². The van der Waals surface area contributed by atoms with Crippen LogP contribution in [0.25, 0.3) is 0 Å². The summed E-state index contributed by atoms with van der Waals surface area (Å²) in [4.78, 5) is 30.4. The van der Waals surface area contributed by atoms with Crippen molar-refractivity contribution in [1.82, 2.24) is 14.7 Å². The molecular weight excluding hydrogens is 358 g/mol. The van der Waals surface area contributed by atoms with E-state index in [9.17, 15) is 9.59 Å². The first-order valence-electron chi connectivity index (χ1n) is 9.92. The standard InChI is InChI=1S/C21H31N3O4/c1-16-12-22(20(26)28-21(2,3)4)10-11-24(16)18-13-23(14-18)19(25)27-15-17-8-6-5-7-9-17/h5-9,16,18H,10-15H2,1-4H3. The van der Waals surface area contributed by atoms with Gasteiger partial charge in [-0.3, -0.25) is 4.90 Å². The SMILES string of the molecule is CC1CN(C(=O)OC(C)(C)C)CCN1C1CN(C(=O)OCc2ccccc2)C1. The number of benzene rings is 1. The molecule has 2 fully saturated rings. The van der Waals surface area contributed by atoms with Gasteiger partial charge in [0.2, 0.25) is 0 Å². The van der Waals surface area contributed by atoms with Crippen LogP contribution in [-0.2, 0) is 16.1 Å². The summed E-state index contributed by atoms with van der Waals surface area (Å²) in [6.07, 6.45) is -0.515. The van der Waals surface area contributed by atoms with E-state index in [-0.39, 0.29) is 18.2 Å². The van der Waals surface area contributed by atoms with Gasteiger partial charge >= 0.3 is 12.2 Å². The van der Waals surface area contributed by atoms with Gasteiger partial charge in [-0.15, -0.1) is 0 Å². The minimum Gasteiger partial charge on any atom is -0.445 e. The molecule has 2 heterocycles. The molecule has 2 saturated heterocycles. The lowest BCUT2D eigenvalue weighted by molar-refractivity contribution is -0.0324. The number of hydrogen-bond donors (Lipinski definition) is 0. The highest BCUT2D eigenvalue weighted by molar-refractivity contribution is 5.69. The third-order valence-electron chi connectivity index (χ3n) is 5.13. The number of amides is 2. The first-order chi connectivity index (χ1) is 13.2. The van der Waals surface area contributed by atoms with Crippen molar-refractivity contribution in [3.05, 3.63) is 35.9 Å². The Morgan fingerprint density at radius 1 is 1.00 bits per heavy atom. The average Bonchev–Trinajstić information content (AvgIpc) is 2.59. The molecule has 28 heavy (non-hydrogen) atoms. The molecule has 0 spiro atoms. The zero-order valence-electron chi connectivity index (χ0n) is 17.3.